The molecule has 2 aromatic heterocycles. The number of nitrogens with two attached hydrogens (primary N) is 1. The molecule has 0 unspecified atom stereocenters. The number of rotatable bonds is 5. The molecule has 0 atom stereocenters. The van der Waals surface area contributed by atoms with Crippen LogP contribution in [0.15, 0.2) is 36.5 Å². The molecular formula is C20H22N6O4S. The predicted molar refractivity (Wildman–Crippen MR) is 115 cm³/mol. The van der Waals surface area contributed by atoms with Gasteiger partial charge in [0.05, 0.1) is 5.39 Å². The lowest BCUT2D eigenvalue weighted by Crippen LogP contribution is -2.38. The molecule has 3 aromatic rings. The van der Waals surface area contributed by atoms with Crippen LogP contribution in [0.1, 0.15) is 12.8 Å². The molecule has 2 aliphatic rings. The average molecular weight is 443 g/mol. The van der Waals surface area contributed by atoms with Crippen molar-refractivity contribution in [3.8, 4) is 22.8 Å². The Labute approximate surface area is 179 Å². The van der Waals surface area contributed by atoms with Crippen molar-refractivity contribution in [1.82, 2.24) is 24.1 Å². The van der Waals surface area contributed by atoms with E-state index in [0.29, 0.717) is 53.7 Å². The van der Waals surface area contributed by atoms with Gasteiger partial charge < -0.3 is 15.2 Å². The van der Waals surface area contributed by atoms with Crippen molar-refractivity contribution in [2.24, 2.45) is 5.92 Å². The van der Waals surface area contributed by atoms with Crippen LogP contribution in [-0.4, -0.2) is 52.4 Å². The molecule has 162 valence electrons. The third-order valence-corrected chi connectivity index (χ3v) is 7.29. The van der Waals surface area contributed by atoms with E-state index in [2.05, 4.69) is 16.5 Å². The summed E-state index contributed by atoms with van der Waals surface area (Å²) >= 11 is 0. The number of piperidine rings is 1. The molecule has 0 amide bonds. The Morgan fingerprint density at radius 2 is 1.97 bits per heavy atom. The molecule has 0 saturated carbocycles. The molecular weight excluding hydrogens is 420 g/mol. The molecule has 1 aromatic carbocycles. The van der Waals surface area contributed by atoms with Crippen LogP contribution in [0.2, 0.25) is 0 Å². The third-order valence-electron chi connectivity index (χ3n) is 5.78. The van der Waals surface area contributed by atoms with Crippen LogP contribution in [0.4, 0.5) is 5.82 Å². The van der Waals surface area contributed by atoms with Gasteiger partial charge in [0.25, 0.3) is 0 Å². The van der Waals surface area contributed by atoms with Gasteiger partial charge in [-0.3, -0.25) is 0 Å². The van der Waals surface area contributed by atoms with Gasteiger partial charge in [-0.25, -0.2) is 23.1 Å². The van der Waals surface area contributed by atoms with Gasteiger partial charge in [-0.05, 0) is 37.0 Å². The van der Waals surface area contributed by atoms with Crippen LogP contribution in [0.25, 0.3) is 22.3 Å². The van der Waals surface area contributed by atoms with Crippen LogP contribution >= 0.6 is 0 Å². The Balaban J connectivity index is 1.46. The highest BCUT2D eigenvalue weighted by molar-refractivity contribution is 7.92. The van der Waals surface area contributed by atoms with Gasteiger partial charge in [-0.15, -0.1) is 0 Å². The van der Waals surface area contributed by atoms with Crippen molar-refractivity contribution >= 4 is 26.9 Å². The van der Waals surface area contributed by atoms with Crippen molar-refractivity contribution in [3.63, 3.8) is 0 Å². The monoisotopic (exact) mass is 442 g/mol. The van der Waals surface area contributed by atoms with E-state index >= 15 is 0 Å². The summed E-state index contributed by atoms with van der Waals surface area (Å²) in [6.07, 6.45) is 2.89. The van der Waals surface area contributed by atoms with Crippen LogP contribution in [0.5, 0.6) is 11.5 Å². The number of hydrogen-bond donors (Lipinski definition) is 1. The molecule has 4 heterocycles. The second-order valence-electron chi connectivity index (χ2n) is 7.61. The van der Waals surface area contributed by atoms with E-state index < -0.39 is 10.0 Å². The van der Waals surface area contributed by atoms with Crippen molar-refractivity contribution in [2.45, 2.75) is 19.4 Å². The molecule has 11 heteroatoms. The lowest BCUT2D eigenvalue weighted by Gasteiger charge is -2.30. The second kappa shape index (κ2) is 7.50. The van der Waals surface area contributed by atoms with Gasteiger partial charge in [0.1, 0.15) is 17.8 Å². The van der Waals surface area contributed by atoms with Crippen molar-refractivity contribution < 1.29 is 17.9 Å². The molecule has 5 rings (SSSR count). The zero-order valence-corrected chi connectivity index (χ0v) is 17.6. The van der Waals surface area contributed by atoms with E-state index in [9.17, 15) is 8.42 Å². The zero-order valence-electron chi connectivity index (χ0n) is 16.8. The van der Waals surface area contributed by atoms with E-state index in [1.807, 2.05) is 22.9 Å². The zero-order chi connectivity index (χ0) is 21.6. The Morgan fingerprint density at radius 1 is 1.19 bits per heavy atom. The molecule has 31 heavy (non-hydrogen) atoms. The molecule has 10 nitrogen and oxygen atoms in total. The summed E-state index contributed by atoms with van der Waals surface area (Å²) < 4.78 is 38.2. The maximum absolute atomic E-state index is 12.0. The smallest absolute Gasteiger partial charge is 0.235 e. The van der Waals surface area contributed by atoms with Gasteiger partial charge in [0.2, 0.25) is 16.8 Å². The third kappa shape index (κ3) is 3.49. The molecule has 0 aliphatic carbocycles. The van der Waals surface area contributed by atoms with Crippen molar-refractivity contribution in [1.29, 1.82) is 0 Å². The topological polar surface area (TPSA) is 125 Å². The number of ether oxygens (including phenoxy) is 2. The number of hydrogen-bond acceptors (Lipinski definition) is 8. The van der Waals surface area contributed by atoms with Gasteiger partial charge in [-0.2, -0.15) is 9.40 Å². The first-order valence-corrected chi connectivity index (χ1v) is 11.5. The molecule has 0 radical (unpaired) electrons. The van der Waals surface area contributed by atoms with E-state index in [1.165, 1.54) is 10.6 Å². The van der Waals surface area contributed by atoms with E-state index in [4.69, 9.17) is 20.3 Å². The lowest BCUT2D eigenvalue weighted by atomic mass is 9.98. The van der Waals surface area contributed by atoms with Crippen molar-refractivity contribution in [3.05, 3.63) is 36.5 Å². The first kappa shape index (κ1) is 19.8. The summed E-state index contributed by atoms with van der Waals surface area (Å²) in [6.45, 7) is 5.13. The SMILES string of the molecule is C=CS(=O)(=O)N1CCC(Cn2nc(-c3ccc4c(c3)OCO4)c3c(N)ncnc32)CC1. The van der Waals surface area contributed by atoms with Crippen LogP contribution in [-0.2, 0) is 16.6 Å². The molecule has 0 spiro atoms. The predicted octanol–water partition coefficient (Wildman–Crippen LogP) is 1.99. The first-order chi connectivity index (χ1) is 15.0. The average Bonchev–Trinajstić information content (AvgIpc) is 3.39. The second-order valence-corrected chi connectivity index (χ2v) is 9.49. The number of aromatic nitrogens is 4. The number of nitrogen functional groups attached to an aromatic ring is 1. The largest absolute Gasteiger partial charge is 0.454 e. The summed E-state index contributed by atoms with van der Waals surface area (Å²) in [5.41, 5.74) is 8.36. The van der Waals surface area contributed by atoms with Crippen LogP contribution < -0.4 is 15.2 Å². The molecule has 0 bridgehead atoms. The minimum atomic E-state index is -3.38. The van der Waals surface area contributed by atoms with Gasteiger partial charge in [0.15, 0.2) is 17.1 Å². The minimum Gasteiger partial charge on any atom is -0.454 e. The van der Waals surface area contributed by atoms with Crippen molar-refractivity contribution in [2.75, 3.05) is 25.6 Å². The number of sulfonamides is 1. The maximum atomic E-state index is 12.0. The fourth-order valence-corrected chi connectivity index (χ4v) is 5.03. The van der Waals surface area contributed by atoms with Crippen LogP contribution in [0.3, 0.4) is 0 Å². The number of benzene rings is 1. The Bertz CT molecular complexity index is 1260. The Hall–Kier alpha value is -3.18. The molecule has 2 N–H and O–H groups in total. The van der Waals surface area contributed by atoms with Gasteiger partial charge >= 0.3 is 0 Å². The minimum absolute atomic E-state index is 0.194. The Kier molecular flexibility index (Phi) is 4.78. The standard InChI is InChI=1S/C20H22N6O4S/c1-2-31(27,28)25-7-5-13(6-8-25)10-26-20-17(19(21)22-11-23-20)18(24-26)14-3-4-15-16(9-14)30-12-29-15/h2-4,9,11,13H,1,5-8,10,12H2,(H2,21,22,23). The number of fused-ring (bicyclic) bond motifs is 2. The molecule has 1 fully saturated rings. The van der Waals surface area contributed by atoms with Gasteiger partial charge in [-0.1, -0.05) is 6.58 Å². The first-order valence-electron chi connectivity index (χ1n) is 9.96. The maximum Gasteiger partial charge on any atom is 0.235 e. The summed E-state index contributed by atoms with van der Waals surface area (Å²) in [5.74, 6) is 1.97. The highest BCUT2D eigenvalue weighted by Crippen LogP contribution is 2.38. The summed E-state index contributed by atoms with van der Waals surface area (Å²) in [5, 5.41) is 6.51. The Morgan fingerprint density at radius 3 is 2.74 bits per heavy atom. The van der Waals surface area contributed by atoms with Crippen LogP contribution in [0, 0.1) is 5.92 Å². The molecule has 1 saturated heterocycles. The lowest BCUT2D eigenvalue weighted by molar-refractivity contribution is 0.174. The van der Waals surface area contributed by atoms with E-state index in [0.717, 1.165) is 23.8 Å². The number of anilines is 1. The summed E-state index contributed by atoms with van der Waals surface area (Å²) in [4.78, 5) is 8.57. The summed E-state index contributed by atoms with van der Waals surface area (Å²) in [6, 6.07) is 5.63. The quantitative estimate of drug-likeness (QED) is 0.636. The highest BCUT2D eigenvalue weighted by atomic mass is 32.2. The van der Waals surface area contributed by atoms with E-state index in [1.54, 1.807) is 0 Å². The summed E-state index contributed by atoms with van der Waals surface area (Å²) in [7, 11) is -3.38. The number of nitrogens with zero attached hydrogens (tertiary/aromatic N) is 5. The highest BCUT2D eigenvalue weighted by Gasteiger charge is 2.28. The fraction of sp³-hybridized carbons (Fsp3) is 0.350. The van der Waals surface area contributed by atoms with E-state index in [-0.39, 0.29) is 12.7 Å². The molecule has 2 aliphatic heterocycles. The fourth-order valence-electron chi connectivity index (χ4n) is 4.10. The van der Waals surface area contributed by atoms with Gasteiger partial charge in [0, 0.05) is 30.6 Å². The normalized spacial score (nSPS) is 17.3.